The Labute approximate surface area is 100 Å². The average Bonchev–Trinajstić information content (AvgIpc) is 2.19. The highest BCUT2D eigenvalue weighted by molar-refractivity contribution is 6.28. The number of aromatic nitrogens is 2. The number of hydrogen-bond donors (Lipinski definition) is 2. The lowest BCUT2D eigenvalue weighted by Crippen LogP contribution is -2.15. The zero-order valence-corrected chi connectivity index (χ0v) is 10.6. The average molecular weight is 249 g/mol. The van der Waals surface area contributed by atoms with Gasteiger partial charge in [0.25, 0.3) is 0 Å². The summed E-state index contributed by atoms with van der Waals surface area (Å²) in [5.41, 5.74) is 5.20. The maximum absolute atomic E-state index is 12.8. The third-order valence-corrected chi connectivity index (χ3v) is 1.33. The lowest BCUT2D eigenvalue weighted by Gasteiger charge is -2.03. The van der Waals surface area contributed by atoms with E-state index in [0.29, 0.717) is 13.1 Å². The van der Waals surface area contributed by atoms with Crippen molar-refractivity contribution >= 4 is 17.4 Å². The molecule has 3 N–H and O–H groups in total. The highest BCUT2D eigenvalue weighted by atomic mass is 35.5. The second-order valence-corrected chi connectivity index (χ2v) is 4.12. The van der Waals surface area contributed by atoms with Crippen LogP contribution in [0.1, 0.15) is 20.8 Å². The molecule has 0 bridgehead atoms. The topological polar surface area (TPSA) is 63.8 Å². The quantitative estimate of drug-likeness (QED) is 0.806. The summed E-state index contributed by atoms with van der Waals surface area (Å²) in [5, 5.41) is 2.68. The first-order chi connectivity index (χ1) is 7.47. The van der Waals surface area contributed by atoms with Crippen LogP contribution in [0.15, 0.2) is 6.20 Å². The first-order valence-corrected chi connectivity index (χ1v) is 5.47. The maximum Gasteiger partial charge on any atom is 0.224 e. The van der Waals surface area contributed by atoms with Gasteiger partial charge in [-0.1, -0.05) is 20.8 Å². The van der Waals surface area contributed by atoms with E-state index < -0.39 is 5.82 Å². The van der Waals surface area contributed by atoms with E-state index >= 15 is 0 Å². The van der Waals surface area contributed by atoms with Gasteiger partial charge in [-0.15, -0.1) is 0 Å². The van der Waals surface area contributed by atoms with E-state index in [1.165, 1.54) is 0 Å². The molecule has 0 aliphatic carbocycles. The Bertz CT molecular complexity index is 304. The number of nitrogens with one attached hydrogen (secondary N) is 1. The third-order valence-electron chi connectivity index (χ3n) is 1.15. The second-order valence-electron chi connectivity index (χ2n) is 3.78. The van der Waals surface area contributed by atoms with Crippen molar-refractivity contribution < 1.29 is 4.39 Å². The standard InChI is InChI=1S/C6H8ClFN4.C4H10/c7-6-11-3-4(8)5(12-6)10-2-1-9;1-4(2)3/h3H,1-2,9H2,(H,10,11,12);4H,1-3H3. The van der Waals surface area contributed by atoms with Crippen LogP contribution in [-0.2, 0) is 0 Å². The van der Waals surface area contributed by atoms with Gasteiger partial charge in [-0.05, 0) is 17.5 Å². The van der Waals surface area contributed by atoms with E-state index in [1.54, 1.807) is 0 Å². The van der Waals surface area contributed by atoms with E-state index in [2.05, 4.69) is 36.1 Å². The van der Waals surface area contributed by atoms with Crippen molar-refractivity contribution in [2.75, 3.05) is 18.4 Å². The molecule has 1 aromatic heterocycles. The molecule has 0 fully saturated rings. The summed E-state index contributed by atoms with van der Waals surface area (Å²) < 4.78 is 12.8. The molecule has 0 saturated carbocycles. The van der Waals surface area contributed by atoms with Crippen molar-refractivity contribution in [3.05, 3.63) is 17.3 Å². The van der Waals surface area contributed by atoms with Crippen LogP contribution < -0.4 is 11.1 Å². The molecule has 4 nitrogen and oxygen atoms in total. The molecule has 6 heteroatoms. The second kappa shape index (κ2) is 8.24. The molecule has 0 saturated heterocycles. The highest BCUT2D eigenvalue weighted by Crippen LogP contribution is 2.10. The minimum absolute atomic E-state index is 0.0101. The first-order valence-electron chi connectivity index (χ1n) is 5.09. The van der Waals surface area contributed by atoms with Crippen LogP contribution in [0.5, 0.6) is 0 Å². The number of anilines is 1. The number of nitrogens with zero attached hydrogens (tertiary/aromatic N) is 2. The summed E-state index contributed by atoms with van der Waals surface area (Å²) in [6.07, 6.45) is 1.01. The molecule has 0 aliphatic heterocycles. The molecule has 0 atom stereocenters. The zero-order chi connectivity index (χ0) is 12.6. The van der Waals surface area contributed by atoms with Crippen molar-refractivity contribution in [3.8, 4) is 0 Å². The molecule has 92 valence electrons. The fourth-order valence-corrected chi connectivity index (χ4v) is 0.793. The number of rotatable bonds is 3. The summed E-state index contributed by atoms with van der Waals surface area (Å²) in [7, 11) is 0. The summed E-state index contributed by atoms with van der Waals surface area (Å²) in [6, 6.07) is 0. The lowest BCUT2D eigenvalue weighted by atomic mass is 10.3. The molecule has 0 spiro atoms. The fraction of sp³-hybridized carbons (Fsp3) is 0.600. The van der Waals surface area contributed by atoms with E-state index in [1.807, 2.05) is 0 Å². The number of nitrogens with two attached hydrogens (primary N) is 1. The maximum atomic E-state index is 12.8. The molecular formula is C10H18ClFN4. The van der Waals surface area contributed by atoms with E-state index in [-0.39, 0.29) is 11.1 Å². The molecule has 16 heavy (non-hydrogen) atoms. The van der Waals surface area contributed by atoms with E-state index in [9.17, 15) is 4.39 Å². The molecule has 1 heterocycles. The summed E-state index contributed by atoms with van der Waals surface area (Å²) in [6.45, 7) is 7.35. The highest BCUT2D eigenvalue weighted by Gasteiger charge is 2.03. The van der Waals surface area contributed by atoms with Gasteiger partial charge in [0.2, 0.25) is 5.28 Å². The van der Waals surface area contributed by atoms with Gasteiger partial charge in [-0.25, -0.2) is 9.37 Å². The zero-order valence-electron chi connectivity index (χ0n) is 9.80. The summed E-state index contributed by atoms with van der Waals surface area (Å²) >= 11 is 5.44. The van der Waals surface area contributed by atoms with Crippen molar-refractivity contribution in [1.29, 1.82) is 0 Å². The Morgan fingerprint density at radius 1 is 1.50 bits per heavy atom. The number of hydrogen-bond acceptors (Lipinski definition) is 4. The molecule has 0 aromatic carbocycles. The molecule has 0 amide bonds. The van der Waals surface area contributed by atoms with Crippen LogP contribution in [-0.4, -0.2) is 23.1 Å². The first kappa shape index (κ1) is 15.1. The lowest BCUT2D eigenvalue weighted by molar-refractivity contribution is 0.617. The van der Waals surface area contributed by atoms with Crippen molar-refractivity contribution in [2.24, 2.45) is 11.7 Å². The Morgan fingerprint density at radius 3 is 2.56 bits per heavy atom. The van der Waals surface area contributed by atoms with E-state index in [4.69, 9.17) is 17.3 Å². The van der Waals surface area contributed by atoms with Gasteiger partial charge in [0.15, 0.2) is 11.6 Å². The largest absolute Gasteiger partial charge is 0.366 e. The minimum atomic E-state index is -0.534. The van der Waals surface area contributed by atoms with Crippen molar-refractivity contribution in [2.45, 2.75) is 20.8 Å². The smallest absolute Gasteiger partial charge is 0.224 e. The van der Waals surface area contributed by atoms with E-state index in [0.717, 1.165) is 12.1 Å². The predicted molar refractivity (Wildman–Crippen MR) is 65.1 cm³/mol. The molecule has 1 aromatic rings. The monoisotopic (exact) mass is 248 g/mol. The van der Waals surface area contributed by atoms with Gasteiger partial charge in [0.05, 0.1) is 6.20 Å². The van der Waals surface area contributed by atoms with Gasteiger partial charge in [-0.2, -0.15) is 4.98 Å². The molecule has 0 unspecified atom stereocenters. The van der Waals surface area contributed by atoms with Gasteiger partial charge >= 0.3 is 0 Å². The molecule has 0 radical (unpaired) electrons. The normalized spacial score (nSPS) is 9.69. The van der Waals surface area contributed by atoms with Crippen LogP contribution in [0.25, 0.3) is 0 Å². The SMILES string of the molecule is CC(C)C.NCCNc1nc(Cl)ncc1F. The fourth-order valence-electron chi connectivity index (χ4n) is 0.660. The summed E-state index contributed by atoms with van der Waals surface area (Å²) in [5.74, 6) is 0.383. The Morgan fingerprint density at radius 2 is 2.06 bits per heavy atom. The van der Waals surface area contributed by atoms with Gasteiger partial charge in [0, 0.05) is 13.1 Å². The molecule has 1 rings (SSSR count). The Kier molecular flexibility index (Phi) is 7.76. The van der Waals surface area contributed by atoms with Gasteiger partial charge in [0.1, 0.15) is 0 Å². The van der Waals surface area contributed by atoms with Crippen molar-refractivity contribution in [3.63, 3.8) is 0 Å². The Balaban J connectivity index is 0.000000487. The number of halogens is 2. The molecular weight excluding hydrogens is 231 g/mol. The summed E-state index contributed by atoms with van der Waals surface area (Å²) in [4.78, 5) is 7.08. The minimum Gasteiger partial charge on any atom is -0.366 e. The van der Waals surface area contributed by atoms with Crippen LogP contribution in [0.3, 0.4) is 0 Å². The van der Waals surface area contributed by atoms with Gasteiger partial charge < -0.3 is 11.1 Å². The van der Waals surface area contributed by atoms with Crippen LogP contribution in [0.4, 0.5) is 10.2 Å². The third kappa shape index (κ3) is 7.36. The van der Waals surface area contributed by atoms with Gasteiger partial charge in [-0.3, -0.25) is 0 Å². The molecule has 0 aliphatic rings. The van der Waals surface area contributed by atoms with Crippen molar-refractivity contribution in [1.82, 2.24) is 9.97 Å². The van der Waals surface area contributed by atoms with Crippen LogP contribution in [0, 0.1) is 11.7 Å². The predicted octanol–water partition coefficient (Wildman–Crippen LogP) is 2.30. The van der Waals surface area contributed by atoms with Crippen LogP contribution >= 0.6 is 11.6 Å². The van der Waals surface area contributed by atoms with Crippen LogP contribution in [0.2, 0.25) is 5.28 Å². The Hall–Kier alpha value is -0.940.